The number of likely N-dealkylation sites (tertiary alicyclic amines) is 1. The molecule has 1 aromatic rings. The maximum atomic E-state index is 4.77. The summed E-state index contributed by atoms with van der Waals surface area (Å²) in [6.07, 6.45) is 2.55. The molecule has 5 heteroatoms. The van der Waals surface area contributed by atoms with Crippen molar-refractivity contribution in [3.63, 3.8) is 0 Å². The smallest absolute Gasteiger partial charge is 0.107 e. The minimum Gasteiger partial charge on any atom is -0.306 e. The zero-order valence-electron chi connectivity index (χ0n) is 14.1. The lowest BCUT2D eigenvalue weighted by atomic mass is 10.0. The Hall–Kier alpha value is -0.490. The Morgan fingerprint density at radius 3 is 2.57 bits per heavy atom. The van der Waals surface area contributed by atoms with Crippen LogP contribution in [0.15, 0.2) is 5.38 Å². The van der Waals surface area contributed by atoms with Crippen LogP contribution in [0.5, 0.6) is 0 Å². The molecular weight excluding hydrogens is 280 g/mol. The first-order valence-corrected chi connectivity index (χ1v) is 8.78. The highest BCUT2D eigenvalue weighted by Gasteiger charge is 2.21. The van der Waals surface area contributed by atoms with Gasteiger partial charge in [0.05, 0.1) is 5.69 Å². The second kappa shape index (κ2) is 7.18. The minimum absolute atomic E-state index is 0.153. The molecule has 1 fully saturated rings. The molecule has 120 valence electrons. The van der Waals surface area contributed by atoms with Crippen LogP contribution < -0.4 is 5.32 Å². The molecule has 1 aliphatic heterocycles. The molecule has 2 heterocycles. The van der Waals surface area contributed by atoms with Gasteiger partial charge in [0.15, 0.2) is 0 Å². The van der Waals surface area contributed by atoms with Crippen LogP contribution in [0.3, 0.4) is 0 Å². The molecule has 21 heavy (non-hydrogen) atoms. The summed E-state index contributed by atoms with van der Waals surface area (Å²) in [5.74, 6) is 0. The van der Waals surface area contributed by atoms with Crippen LogP contribution in [0, 0.1) is 0 Å². The van der Waals surface area contributed by atoms with Crippen LogP contribution in [0.2, 0.25) is 0 Å². The number of rotatable bonds is 5. The number of aromatic nitrogens is 1. The number of hydrogen-bond donors (Lipinski definition) is 1. The van der Waals surface area contributed by atoms with E-state index in [1.165, 1.54) is 36.6 Å². The van der Waals surface area contributed by atoms with Gasteiger partial charge in [-0.3, -0.25) is 4.90 Å². The summed E-state index contributed by atoms with van der Waals surface area (Å²) < 4.78 is 0. The van der Waals surface area contributed by atoms with E-state index < -0.39 is 0 Å². The van der Waals surface area contributed by atoms with Gasteiger partial charge in [-0.15, -0.1) is 11.3 Å². The highest BCUT2D eigenvalue weighted by Crippen LogP contribution is 2.18. The second-order valence-electron chi connectivity index (χ2n) is 7.31. The molecule has 2 rings (SSSR count). The molecule has 0 amide bonds. The molecule has 0 spiro atoms. The molecule has 1 N–H and O–H groups in total. The first kappa shape index (κ1) is 16.9. The van der Waals surface area contributed by atoms with Crippen LogP contribution in [0.4, 0.5) is 0 Å². The van der Waals surface area contributed by atoms with E-state index in [1.54, 1.807) is 11.3 Å². The Kier molecular flexibility index (Phi) is 5.77. The standard InChI is InChI=1S/C16H30N4S/c1-16(2,3)17-10-15-18-13(12-21-15)11-20-8-6-14(7-9-20)19(4)5/h12,14,17H,6-11H2,1-5H3. The summed E-state index contributed by atoms with van der Waals surface area (Å²) in [6.45, 7) is 10.8. The average molecular weight is 311 g/mol. The quantitative estimate of drug-likeness (QED) is 0.906. The molecule has 0 saturated carbocycles. The van der Waals surface area contributed by atoms with Gasteiger partial charge in [-0.2, -0.15) is 0 Å². The van der Waals surface area contributed by atoms with Crippen molar-refractivity contribution in [1.82, 2.24) is 20.1 Å². The fourth-order valence-corrected chi connectivity index (χ4v) is 3.39. The predicted octanol–water partition coefficient (Wildman–Crippen LogP) is 2.56. The maximum Gasteiger partial charge on any atom is 0.107 e. The Morgan fingerprint density at radius 1 is 1.33 bits per heavy atom. The zero-order chi connectivity index (χ0) is 15.5. The van der Waals surface area contributed by atoms with Gasteiger partial charge < -0.3 is 10.2 Å². The van der Waals surface area contributed by atoms with E-state index in [0.717, 1.165) is 19.1 Å². The number of piperidine rings is 1. The van der Waals surface area contributed by atoms with Crippen molar-refractivity contribution in [2.24, 2.45) is 0 Å². The molecule has 0 bridgehead atoms. The summed E-state index contributed by atoms with van der Waals surface area (Å²) in [7, 11) is 4.38. The normalized spacial score (nSPS) is 18.6. The molecule has 0 radical (unpaired) electrons. The third-order valence-corrected chi connectivity index (χ3v) is 4.94. The van der Waals surface area contributed by atoms with Crippen molar-refractivity contribution in [3.05, 3.63) is 16.1 Å². The van der Waals surface area contributed by atoms with Crippen molar-refractivity contribution in [2.45, 2.75) is 58.3 Å². The average Bonchev–Trinajstić information content (AvgIpc) is 2.84. The van der Waals surface area contributed by atoms with Gasteiger partial charge in [0.25, 0.3) is 0 Å². The predicted molar refractivity (Wildman–Crippen MR) is 90.7 cm³/mol. The van der Waals surface area contributed by atoms with E-state index in [9.17, 15) is 0 Å². The van der Waals surface area contributed by atoms with E-state index in [1.807, 2.05) is 0 Å². The fourth-order valence-electron chi connectivity index (χ4n) is 2.67. The largest absolute Gasteiger partial charge is 0.306 e. The first-order chi connectivity index (χ1) is 9.83. The van der Waals surface area contributed by atoms with Gasteiger partial charge in [-0.05, 0) is 47.7 Å². The molecular formula is C16H30N4S. The zero-order valence-corrected chi connectivity index (χ0v) is 15.0. The molecule has 1 aromatic heterocycles. The molecule has 0 aliphatic carbocycles. The monoisotopic (exact) mass is 310 g/mol. The summed E-state index contributed by atoms with van der Waals surface area (Å²) in [5, 5.41) is 6.92. The second-order valence-corrected chi connectivity index (χ2v) is 8.25. The van der Waals surface area contributed by atoms with Crippen molar-refractivity contribution in [3.8, 4) is 0 Å². The van der Waals surface area contributed by atoms with Crippen LogP contribution in [0.25, 0.3) is 0 Å². The number of thiazole rings is 1. The SMILES string of the molecule is CN(C)C1CCN(Cc2csc(CNC(C)(C)C)n2)CC1. The molecule has 1 aliphatic rings. The maximum absolute atomic E-state index is 4.77. The third-order valence-electron chi connectivity index (χ3n) is 4.04. The summed E-state index contributed by atoms with van der Waals surface area (Å²) in [4.78, 5) is 9.66. The lowest BCUT2D eigenvalue weighted by Gasteiger charge is -2.34. The Balaban J connectivity index is 1.78. The van der Waals surface area contributed by atoms with Crippen LogP contribution in [-0.4, -0.2) is 53.5 Å². The van der Waals surface area contributed by atoms with Crippen molar-refractivity contribution >= 4 is 11.3 Å². The fraction of sp³-hybridized carbons (Fsp3) is 0.812. The van der Waals surface area contributed by atoms with E-state index in [4.69, 9.17) is 4.98 Å². The van der Waals surface area contributed by atoms with Gasteiger partial charge in [0.1, 0.15) is 5.01 Å². The van der Waals surface area contributed by atoms with Crippen molar-refractivity contribution < 1.29 is 0 Å². The molecule has 0 aromatic carbocycles. The Labute approximate surface area is 133 Å². The number of nitrogens with zero attached hydrogens (tertiary/aromatic N) is 3. The van der Waals surface area contributed by atoms with Gasteiger partial charge in [-0.25, -0.2) is 4.98 Å². The van der Waals surface area contributed by atoms with Gasteiger partial charge in [0, 0.05) is 43.1 Å². The third kappa shape index (κ3) is 5.66. The van der Waals surface area contributed by atoms with E-state index >= 15 is 0 Å². The minimum atomic E-state index is 0.153. The highest BCUT2D eigenvalue weighted by molar-refractivity contribution is 7.09. The molecule has 1 saturated heterocycles. The summed E-state index contributed by atoms with van der Waals surface area (Å²) in [5.41, 5.74) is 1.38. The van der Waals surface area contributed by atoms with Crippen molar-refractivity contribution in [2.75, 3.05) is 27.2 Å². The van der Waals surface area contributed by atoms with Crippen LogP contribution in [0.1, 0.15) is 44.3 Å². The van der Waals surface area contributed by atoms with Gasteiger partial charge in [-0.1, -0.05) is 0 Å². The van der Waals surface area contributed by atoms with E-state index in [2.05, 4.69) is 55.4 Å². The molecule has 4 nitrogen and oxygen atoms in total. The topological polar surface area (TPSA) is 31.4 Å². The van der Waals surface area contributed by atoms with E-state index in [-0.39, 0.29) is 5.54 Å². The van der Waals surface area contributed by atoms with Crippen LogP contribution >= 0.6 is 11.3 Å². The van der Waals surface area contributed by atoms with Crippen LogP contribution in [-0.2, 0) is 13.1 Å². The number of hydrogen-bond acceptors (Lipinski definition) is 5. The van der Waals surface area contributed by atoms with Crippen molar-refractivity contribution in [1.29, 1.82) is 0 Å². The molecule has 0 atom stereocenters. The van der Waals surface area contributed by atoms with Gasteiger partial charge in [0.2, 0.25) is 0 Å². The number of nitrogens with one attached hydrogen (secondary N) is 1. The lowest BCUT2D eigenvalue weighted by Crippen LogP contribution is -2.41. The Morgan fingerprint density at radius 2 is 2.00 bits per heavy atom. The first-order valence-electron chi connectivity index (χ1n) is 7.90. The van der Waals surface area contributed by atoms with E-state index in [0.29, 0.717) is 0 Å². The lowest BCUT2D eigenvalue weighted by molar-refractivity contribution is 0.139. The highest BCUT2D eigenvalue weighted by atomic mass is 32.1. The van der Waals surface area contributed by atoms with Gasteiger partial charge >= 0.3 is 0 Å². The summed E-state index contributed by atoms with van der Waals surface area (Å²) >= 11 is 1.78. The molecule has 0 unspecified atom stereocenters. The summed E-state index contributed by atoms with van der Waals surface area (Å²) in [6, 6.07) is 0.753. The Bertz CT molecular complexity index is 428.